The van der Waals surface area contributed by atoms with Crippen LogP contribution in [0.25, 0.3) is 0 Å². The Kier molecular flexibility index (Phi) is 4.34. The summed E-state index contributed by atoms with van der Waals surface area (Å²) >= 11 is 0. The molecule has 0 radical (unpaired) electrons. The number of sulfonamides is 1. The molecule has 0 atom stereocenters. The van der Waals surface area contributed by atoms with E-state index < -0.39 is 10.0 Å². The molecule has 25 heavy (non-hydrogen) atoms. The van der Waals surface area contributed by atoms with Crippen LogP contribution < -0.4 is 9.21 Å². The average molecular weight is 357 g/mol. The minimum absolute atomic E-state index is 0.0483. The fourth-order valence-corrected chi connectivity index (χ4v) is 3.21. The summed E-state index contributed by atoms with van der Waals surface area (Å²) in [5.41, 5.74) is 3.51. The molecule has 3 rings (SSSR count). The van der Waals surface area contributed by atoms with Gasteiger partial charge < -0.3 is 4.90 Å². The highest BCUT2D eigenvalue weighted by Crippen LogP contribution is 2.30. The highest BCUT2D eigenvalue weighted by molar-refractivity contribution is 7.92. The van der Waals surface area contributed by atoms with Gasteiger partial charge in [-0.1, -0.05) is 30.3 Å². The van der Waals surface area contributed by atoms with Crippen LogP contribution in [0.4, 0.5) is 11.4 Å². The molecular weight excluding hydrogens is 338 g/mol. The van der Waals surface area contributed by atoms with E-state index in [0.717, 1.165) is 17.4 Å². The first-order valence-electron chi connectivity index (χ1n) is 7.74. The summed E-state index contributed by atoms with van der Waals surface area (Å²) in [4.78, 5) is 18.3. The lowest BCUT2D eigenvalue weighted by molar-refractivity contribution is -0.116. The number of nitrogens with zero attached hydrogens (tertiary/aromatic N) is 3. The Morgan fingerprint density at radius 2 is 1.80 bits per heavy atom. The summed E-state index contributed by atoms with van der Waals surface area (Å²) in [7, 11) is -0.184. The molecule has 1 heterocycles. The van der Waals surface area contributed by atoms with Crippen molar-refractivity contribution in [1.82, 2.24) is 0 Å². The SMILES string of the molecule is CN1C(=O)CN=C(c2ccccc2)c2cc(N(C)S(C)(=O)=O)ccc21. The van der Waals surface area contributed by atoms with Crippen molar-refractivity contribution in [2.75, 3.05) is 36.1 Å². The zero-order chi connectivity index (χ0) is 18.2. The van der Waals surface area contributed by atoms with Crippen LogP contribution in [0.2, 0.25) is 0 Å². The summed E-state index contributed by atoms with van der Waals surface area (Å²) < 4.78 is 24.9. The number of likely N-dealkylation sites (N-methyl/N-ethyl adjacent to an activating group) is 1. The maximum atomic E-state index is 12.2. The summed E-state index contributed by atoms with van der Waals surface area (Å²) in [6, 6.07) is 14.8. The molecule has 7 heteroatoms. The maximum Gasteiger partial charge on any atom is 0.248 e. The molecule has 2 aromatic rings. The van der Waals surface area contributed by atoms with Crippen LogP contribution >= 0.6 is 0 Å². The van der Waals surface area contributed by atoms with Gasteiger partial charge in [-0.3, -0.25) is 14.1 Å². The zero-order valence-electron chi connectivity index (χ0n) is 14.3. The highest BCUT2D eigenvalue weighted by Gasteiger charge is 2.24. The van der Waals surface area contributed by atoms with Gasteiger partial charge >= 0.3 is 0 Å². The number of anilines is 2. The Morgan fingerprint density at radius 3 is 2.44 bits per heavy atom. The van der Waals surface area contributed by atoms with Gasteiger partial charge in [0.05, 0.1) is 23.3 Å². The second-order valence-corrected chi connectivity index (χ2v) is 7.93. The van der Waals surface area contributed by atoms with Crippen molar-refractivity contribution in [1.29, 1.82) is 0 Å². The Hall–Kier alpha value is -2.67. The molecule has 0 fully saturated rings. The highest BCUT2D eigenvalue weighted by atomic mass is 32.2. The van der Waals surface area contributed by atoms with Crippen molar-refractivity contribution in [3.05, 3.63) is 59.7 Å². The first-order valence-corrected chi connectivity index (χ1v) is 9.58. The normalized spacial score (nSPS) is 14.6. The number of hydrogen-bond acceptors (Lipinski definition) is 4. The van der Waals surface area contributed by atoms with E-state index in [1.807, 2.05) is 30.3 Å². The predicted octanol–water partition coefficient (Wildman–Crippen LogP) is 1.90. The summed E-state index contributed by atoms with van der Waals surface area (Å²) in [6.07, 6.45) is 1.15. The number of benzodiazepines with no additional fused rings is 1. The number of aliphatic imine (C=N–C) groups is 1. The van der Waals surface area contributed by atoms with Crippen LogP contribution in [0.15, 0.2) is 53.5 Å². The third-order valence-corrected chi connectivity index (χ3v) is 5.46. The topological polar surface area (TPSA) is 70.1 Å². The third-order valence-electron chi connectivity index (χ3n) is 4.25. The second-order valence-electron chi connectivity index (χ2n) is 5.92. The molecule has 0 saturated carbocycles. The number of rotatable bonds is 3. The number of carbonyl (C=O) groups is 1. The predicted molar refractivity (Wildman–Crippen MR) is 100 cm³/mol. The fraction of sp³-hybridized carbons (Fsp3) is 0.222. The number of carbonyl (C=O) groups excluding carboxylic acids is 1. The lowest BCUT2D eigenvalue weighted by Crippen LogP contribution is -2.28. The number of benzene rings is 2. The molecule has 2 aromatic carbocycles. The molecule has 1 aliphatic heterocycles. The van der Waals surface area contributed by atoms with E-state index in [4.69, 9.17) is 0 Å². The number of amides is 1. The second kappa shape index (κ2) is 6.33. The molecule has 1 aliphatic rings. The molecule has 0 saturated heterocycles. The molecule has 0 bridgehead atoms. The Balaban J connectivity index is 2.22. The molecule has 0 aliphatic carbocycles. The van der Waals surface area contributed by atoms with E-state index in [-0.39, 0.29) is 12.5 Å². The van der Waals surface area contributed by atoms with Gasteiger partial charge in [0.25, 0.3) is 0 Å². The lowest BCUT2D eigenvalue weighted by Gasteiger charge is -2.22. The number of fused-ring (bicyclic) bond motifs is 1. The summed E-state index contributed by atoms with van der Waals surface area (Å²) in [5, 5.41) is 0. The number of hydrogen-bond donors (Lipinski definition) is 0. The molecule has 130 valence electrons. The molecule has 0 aromatic heterocycles. The van der Waals surface area contributed by atoms with Crippen molar-refractivity contribution in [3.8, 4) is 0 Å². The van der Waals surface area contributed by atoms with Gasteiger partial charge in [-0.25, -0.2) is 8.42 Å². The molecule has 0 N–H and O–H groups in total. The van der Waals surface area contributed by atoms with E-state index in [1.165, 1.54) is 11.4 Å². The van der Waals surface area contributed by atoms with Gasteiger partial charge in [0.15, 0.2) is 0 Å². The quantitative estimate of drug-likeness (QED) is 0.842. The third kappa shape index (κ3) is 3.28. The van der Waals surface area contributed by atoms with Gasteiger partial charge in [-0.15, -0.1) is 0 Å². The van der Waals surface area contributed by atoms with Gasteiger partial charge in [-0.05, 0) is 18.2 Å². The molecule has 1 amide bonds. The maximum absolute atomic E-state index is 12.2. The smallest absolute Gasteiger partial charge is 0.248 e. The van der Waals surface area contributed by atoms with Crippen molar-refractivity contribution in [2.24, 2.45) is 4.99 Å². The Bertz CT molecular complexity index is 953. The van der Waals surface area contributed by atoms with Crippen LogP contribution in [-0.2, 0) is 14.8 Å². The molecular formula is C18H19N3O3S. The fourth-order valence-electron chi connectivity index (χ4n) is 2.71. The van der Waals surface area contributed by atoms with Gasteiger partial charge in [0.1, 0.15) is 6.54 Å². The van der Waals surface area contributed by atoms with Crippen molar-refractivity contribution in [3.63, 3.8) is 0 Å². The van der Waals surface area contributed by atoms with Crippen LogP contribution in [-0.4, -0.2) is 46.9 Å². The summed E-state index contributed by atoms with van der Waals surface area (Å²) in [6.45, 7) is 0.0483. The van der Waals surface area contributed by atoms with Crippen molar-refractivity contribution < 1.29 is 13.2 Å². The van der Waals surface area contributed by atoms with E-state index in [9.17, 15) is 13.2 Å². The van der Waals surface area contributed by atoms with Crippen LogP contribution in [0, 0.1) is 0 Å². The average Bonchev–Trinajstić information content (AvgIpc) is 2.71. The Labute approximate surface area is 147 Å². The first kappa shape index (κ1) is 17.2. The van der Waals surface area contributed by atoms with Gasteiger partial charge in [-0.2, -0.15) is 0 Å². The monoisotopic (exact) mass is 357 g/mol. The van der Waals surface area contributed by atoms with Crippen LogP contribution in [0.3, 0.4) is 0 Å². The van der Waals surface area contributed by atoms with Gasteiger partial charge in [0.2, 0.25) is 15.9 Å². The van der Waals surface area contributed by atoms with Crippen molar-refractivity contribution >= 4 is 33.0 Å². The minimum Gasteiger partial charge on any atom is -0.313 e. The standard InChI is InChI=1S/C18H19N3O3S/c1-20-16-10-9-14(21(2)25(3,23)24)11-15(16)18(19-12-17(20)22)13-7-5-4-6-8-13/h4-11H,12H2,1-3H3. The van der Waals surface area contributed by atoms with E-state index in [2.05, 4.69) is 4.99 Å². The Morgan fingerprint density at radius 1 is 1.12 bits per heavy atom. The molecule has 6 nitrogen and oxygen atoms in total. The first-order chi connectivity index (χ1) is 11.8. The van der Waals surface area contributed by atoms with E-state index >= 15 is 0 Å². The molecule has 0 unspecified atom stereocenters. The lowest BCUT2D eigenvalue weighted by atomic mass is 9.99. The minimum atomic E-state index is -3.39. The largest absolute Gasteiger partial charge is 0.313 e. The van der Waals surface area contributed by atoms with Crippen LogP contribution in [0.1, 0.15) is 11.1 Å². The zero-order valence-corrected chi connectivity index (χ0v) is 15.1. The summed E-state index contributed by atoms with van der Waals surface area (Å²) in [5.74, 6) is -0.114. The molecule has 0 spiro atoms. The van der Waals surface area contributed by atoms with Gasteiger partial charge in [0, 0.05) is 25.2 Å². The van der Waals surface area contributed by atoms with E-state index in [1.54, 1.807) is 30.1 Å². The van der Waals surface area contributed by atoms with Crippen LogP contribution in [0.5, 0.6) is 0 Å². The van der Waals surface area contributed by atoms with Crippen molar-refractivity contribution in [2.45, 2.75) is 0 Å². The van der Waals surface area contributed by atoms with E-state index in [0.29, 0.717) is 17.1 Å².